The molecule has 3 nitrogen and oxygen atoms in total. The van der Waals surface area contributed by atoms with E-state index in [1.165, 1.54) is 6.20 Å². The Balaban J connectivity index is 0. The van der Waals surface area contributed by atoms with E-state index in [0.717, 1.165) is 6.34 Å². The molecule has 0 atom stereocenters. The molecular formula is C5H13N3. The van der Waals surface area contributed by atoms with Crippen molar-refractivity contribution >= 4 is 6.34 Å². The quantitative estimate of drug-likeness (QED) is 0.315. The predicted octanol–water partition coefficient (Wildman–Crippen LogP) is 0.648. The van der Waals surface area contributed by atoms with Gasteiger partial charge in [0.15, 0.2) is 0 Å². The summed E-state index contributed by atoms with van der Waals surface area (Å²) in [6, 6.07) is 0. The van der Waals surface area contributed by atoms with Crippen molar-refractivity contribution in [2.75, 3.05) is 0 Å². The van der Waals surface area contributed by atoms with Crippen LogP contribution in [0.4, 0.5) is 0 Å². The van der Waals surface area contributed by atoms with E-state index < -0.39 is 0 Å². The van der Waals surface area contributed by atoms with E-state index >= 15 is 0 Å². The highest BCUT2D eigenvalue weighted by atomic mass is 15.3. The lowest BCUT2D eigenvalue weighted by Gasteiger charge is -1.79. The highest BCUT2D eigenvalue weighted by Gasteiger charge is 1.50. The molecule has 0 aliphatic carbocycles. The Hall–Kier alpha value is -0.990. The van der Waals surface area contributed by atoms with Crippen molar-refractivity contribution in [2.45, 2.75) is 13.8 Å². The molecule has 0 unspecified atom stereocenters. The van der Waals surface area contributed by atoms with Gasteiger partial charge in [0.1, 0.15) is 6.34 Å². The molecule has 8 heavy (non-hydrogen) atoms. The van der Waals surface area contributed by atoms with Crippen LogP contribution in [0.3, 0.4) is 0 Å². The first kappa shape index (κ1) is 10.1. The highest BCUT2D eigenvalue weighted by Crippen LogP contribution is 1.47. The molecule has 0 fully saturated rings. The Morgan fingerprint density at radius 2 is 2.12 bits per heavy atom. The molecule has 0 spiro atoms. The molecule has 0 saturated heterocycles. The van der Waals surface area contributed by atoms with Gasteiger partial charge in [-0.25, -0.2) is 0 Å². The first-order valence-electron chi connectivity index (χ1n) is 2.51. The van der Waals surface area contributed by atoms with E-state index in [1.54, 1.807) is 0 Å². The number of hydrazone groups is 1. The molecule has 0 saturated carbocycles. The van der Waals surface area contributed by atoms with Gasteiger partial charge in [-0.1, -0.05) is 20.4 Å². The van der Waals surface area contributed by atoms with Crippen LogP contribution in [-0.2, 0) is 0 Å². The van der Waals surface area contributed by atoms with Crippen LogP contribution in [0.2, 0.25) is 0 Å². The zero-order chi connectivity index (χ0) is 6.83. The fourth-order valence-electron chi connectivity index (χ4n) is 0.0957. The molecule has 0 aliphatic heterocycles. The second-order valence-electron chi connectivity index (χ2n) is 0.611. The van der Waals surface area contributed by atoms with E-state index in [0.29, 0.717) is 0 Å². The van der Waals surface area contributed by atoms with Crippen LogP contribution in [0.25, 0.3) is 0 Å². The van der Waals surface area contributed by atoms with Crippen LogP contribution in [0.15, 0.2) is 17.9 Å². The topological polar surface area (TPSA) is 50.4 Å². The maximum absolute atomic E-state index is 4.81. The van der Waals surface area contributed by atoms with Gasteiger partial charge in [-0.05, 0) is 0 Å². The molecule has 0 radical (unpaired) electrons. The summed E-state index contributed by atoms with van der Waals surface area (Å²) in [7, 11) is 0. The Morgan fingerprint density at radius 3 is 2.25 bits per heavy atom. The van der Waals surface area contributed by atoms with Gasteiger partial charge in [0.25, 0.3) is 0 Å². The SMILES string of the molecule is C=CN/N=C\N.CC. The Kier molecular flexibility index (Phi) is 21.0. The fourth-order valence-corrected chi connectivity index (χ4v) is 0.0957. The van der Waals surface area contributed by atoms with E-state index in [4.69, 9.17) is 5.73 Å². The standard InChI is InChI=1S/C3H7N3.C2H6/c1-2-5-6-3-4;1-2/h2-3,5H,1H2,(H2,4,6);1-2H3. The second kappa shape index (κ2) is 16.7. The average Bonchev–Trinajstić information content (AvgIpc) is 1.88. The van der Waals surface area contributed by atoms with Gasteiger partial charge in [0, 0.05) is 6.20 Å². The minimum atomic E-state index is 1.15. The van der Waals surface area contributed by atoms with Crippen molar-refractivity contribution in [2.24, 2.45) is 10.8 Å². The number of nitrogens with two attached hydrogens (primary N) is 1. The Bertz CT molecular complexity index is 58.7. The van der Waals surface area contributed by atoms with E-state index in [-0.39, 0.29) is 0 Å². The van der Waals surface area contributed by atoms with Gasteiger partial charge >= 0.3 is 0 Å². The molecule has 3 heteroatoms. The number of nitrogens with one attached hydrogen (secondary N) is 1. The molecule has 0 aromatic carbocycles. The monoisotopic (exact) mass is 115 g/mol. The van der Waals surface area contributed by atoms with Gasteiger partial charge in [-0.2, -0.15) is 5.10 Å². The lowest BCUT2D eigenvalue weighted by molar-refractivity contribution is 0.976. The van der Waals surface area contributed by atoms with E-state index in [9.17, 15) is 0 Å². The minimum absolute atomic E-state index is 1.15. The molecular weight excluding hydrogens is 102 g/mol. The summed E-state index contributed by atoms with van der Waals surface area (Å²) in [6.07, 6.45) is 2.59. The third-order valence-electron chi connectivity index (χ3n) is 0.240. The maximum atomic E-state index is 4.81. The third kappa shape index (κ3) is 19.9. The summed E-state index contributed by atoms with van der Waals surface area (Å²) in [6.45, 7) is 7.32. The van der Waals surface area contributed by atoms with Crippen LogP contribution < -0.4 is 11.2 Å². The van der Waals surface area contributed by atoms with Gasteiger partial charge < -0.3 is 5.73 Å². The molecule has 0 aliphatic rings. The van der Waals surface area contributed by atoms with E-state index in [2.05, 4.69) is 17.1 Å². The van der Waals surface area contributed by atoms with Crippen molar-refractivity contribution in [3.05, 3.63) is 12.8 Å². The summed E-state index contributed by atoms with van der Waals surface area (Å²) >= 11 is 0. The maximum Gasteiger partial charge on any atom is 0.106 e. The minimum Gasteiger partial charge on any atom is -0.388 e. The number of rotatable bonds is 2. The third-order valence-corrected chi connectivity index (χ3v) is 0.240. The van der Waals surface area contributed by atoms with Crippen LogP contribution >= 0.6 is 0 Å². The summed E-state index contributed by atoms with van der Waals surface area (Å²) < 4.78 is 0. The molecule has 0 aromatic heterocycles. The molecule has 0 amide bonds. The van der Waals surface area contributed by atoms with Gasteiger partial charge in [0.05, 0.1) is 0 Å². The Labute approximate surface area is 50.3 Å². The number of hydrogen-bond donors (Lipinski definition) is 2. The van der Waals surface area contributed by atoms with Gasteiger partial charge in [-0.3, -0.25) is 5.43 Å². The largest absolute Gasteiger partial charge is 0.388 e. The first-order chi connectivity index (χ1) is 3.91. The normalized spacial score (nSPS) is 7.25. The number of nitrogens with zero attached hydrogens (tertiary/aromatic N) is 1. The zero-order valence-corrected chi connectivity index (χ0v) is 5.39. The lowest BCUT2D eigenvalue weighted by atomic mass is 11.0. The molecule has 0 rings (SSSR count). The molecule has 3 N–H and O–H groups in total. The Morgan fingerprint density at radius 1 is 1.62 bits per heavy atom. The summed E-state index contributed by atoms with van der Waals surface area (Å²) in [5.41, 5.74) is 7.22. The van der Waals surface area contributed by atoms with Crippen molar-refractivity contribution in [3.63, 3.8) is 0 Å². The zero-order valence-electron chi connectivity index (χ0n) is 5.39. The van der Waals surface area contributed by atoms with Crippen LogP contribution in [0, 0.1) is 0 Å². The summed E-state index contributed by atoms with van der Waals surface area (Å²) in [5, 5.41) is 3.38. The van der Waals surface area contributed by atoms with Crippen molar-refractivity contribution in [1.29, 1.82) is 0 Å². The molecule has 0 bridgehead atoms. The van der Waals surface area contributed by atoms with Gasteiger partial charge in [0.2, 0.25) is 0 Å². The lowest BCUT2D eigenvalue weighted by Crippen LogP contribution is -1.97. The average molecular weight is 115 g/mol. The summed E-state index contributed by atoms with van der Waals surface area (Å²) in [4.78, 5) is 0. The van der Waals surface area contributed by atoms with E-state index in [1.807, 2.05) is 13.8 Å². The fraction of sp³-hybridized carbons (Fsp3) is 0.400. The van der Waals surface area contributed by atoms with Crippen LogP contribution in [0.1, 0.15) is 13.8 Å². The number of hydrogen-bond acceptors (Lipinski definition) is 2. The van der Waals surface area contributed by atoms with Gasteiger partial charge in [-0.15, -0.1) is 0 Å². The van der Waals surface area contributed by atoms with Crippen molar-refractivity contribution < 1.29 is 0 Å². The smallest absolute Gasteiger partial charge is 0.106 e. The predicted molar refractivity (Wildman–Crippen MR) is 37.4 cm³/mol. The molecule has 0 heterocycles. The molecule has 0 aromatic rings. The highest BCUT2D eigenvalue weighted by molar-refractivity contribution is 5.50. The van der Waals surface area contributed by atoms with Crippen molar-refractivity contribution in [1.82, 2.24) is 5.43 Å². The van der Waals surface area contributed by atoms with Crippen LogP contribution in [-0.4, -0.2) is 6.34 Å². The first-order valence-corrected chi connectivity index (χ1v) is 2.51. The second-order valence-corrected chi connectivity index (χ2v) is 0.611. The molecule has 48 valence electrons. The van der Waals surface area contributed by atoms with Crippen LogP contribution in [0.5, 0.6) is 0 Å². The summed E-state index contributed by atoms with van der Waals surface area (Å²) in [5.74, 6) is 0. The van der Waals surface area contributed by atoms with Crippen molar-refractivity contribution in [3.8, 4) is 0 Å².